The van der Waals surface area contributed by atoms with Crippen LogP contribution in [0.4, 0.5) is 5.69 Å². The van der Waals surface area contributed by atoms with E-state index in [1.54, 1.807) is 11.6 Å². The molecule has 6 nitrogen and oxygen atoms in total. The molecule has 0 bridgehead atoms. The molecule has 2 aromatic rings. The van der Waals surface area contributed by atoms with Crippen molar-refractivity contribution in [3.8, 4) is 0 Å². The second-order valence-electron chi connectivity index (χ2n) is 5.77. The van der Waals surface area contributed by atoms with Crippen molar-refractivity contribution in [3.05, 3.63) is 34.4 Å². The minimum absolute atomic E-state index is 0.00914. The molecular formula is C16H23N5O. The Kier molecular flexibility index (Phi) is 4.40. The van der Waals surface area contributed by atoms with Crippen molar-refractivity contribution in [1.29, 1.82) is 0 Å². The van der Waals surface area contributed by atoms with E-state index in [2.05, 4.69) is 20.5 Å². The van der Waals surface area contributed by atoms with Gasteiger partial charge in [-0.25, -0.2) is 4.98 Å². The topological polar surface area (TPSA) is 62.2 Å². The fourth-order valence-corrected chi connectivity index (χ4v) is 2.79. The van der Waals surface area contributed by atoms with Crippen LogP contribution in [0.15, 0.2) is 23.0 Å². The van der Waals surface area contributed by atoms with Gasteiger partial charge in [0.25, 0.3) is 5.56 Å². The van der Waals surface area contributed by atoms with Crippen LogP contribution >= 0.6 is 0 Å². The molecule has 0 atom stereocenters. The number of rotatable bonds is 4. The van der Waals surface area contributed by atoms with E-state index in [4.69, 9.17) is 0 Å². The average Bonchev–Trinajstić information content (AvgIpc) is 2.54. The minimum atomic E-state index is 0.00914. The molecule has 1 aliphatic heterocycles. The molecule has 1 fully saturated rings. The highest BCUT2D eigenvalue weighted by molar-refractivity contribution is 5.81. The predicted molar refractivity (Wildman–Crippen MR) is 89.5 cm³/mol. The third-order valence-corrected chi connectivity index (χ3v) is 4.27. The Morgan fingerprint density at radius 2 is 2.09 bits per heavy atom. The lowest BCUT2D eigenvalue weighted by molar-refractivity contribution is 0.249. The smallest absolute Gasteiger partial charge is 0.261 e. The maximum absolute atomic E-state index is 12.2. The number of hydrogen-bond acceptors (Lipinski definition) is 5. The minimum Gasteiger partial charge on any atom is -0.384 e. The van der Waals surface area contributed by atoms with Crippen molar-refractivity contribution in [2.24, 2.45) is 7.05 Å². The molecule has 1 aromatic carbocycles. The molecule has 22 heavy (non-hydrogen) atoms. The highest BCUT2D eigenvalue weighted by Crippen LogP contribution is 2.15. The maximum atomic E-state index is 12.2. The number of piperazine rings is 1. The van der Waals surface area contributed by atoms with Gasteiger partial charge in [0.2, 0.25) is 0 Å². The molecule has 1 aliphatic rings. The van der Waals surface area contributed by atoms with Gasteiger partial charge in [0.05, 0.1) is 10.9 Å². The second kappa shape index (κ2) is 6.46. The van der Waals surface area contributed by atoms with Crippen LogP contribution in [0.5, 0.6) is 0 Å². The lowest BCUT2D eigenvalue weighted by atomic mass is 10.2. The van der Waals surface area contributed by atoms with Crippen LogP contribution in [0.25, 0.3) is 10.9 Å². The summed E-state index contributed by atoms with van der Waals surface area (Å²) >= 11 is 0. The van der Waals surface area contributed by atoms with Crippen LogP contribution in [-0.2, 0) is 7.05 Å². The number of fused-ring (bicyclic) bond motifs is 1. The first-order chi connectivity index (χ1) is 10.6. The predicted octanol–water partition coefficient (Wildman–Crippen LogP) is 0.559. The van der Waals surface area contributed by atoms with Gasteiger partial charge in [0.15, 0.2) is 0 Å². The monoisotopic (exact) mass is 301 g/mol. The van der Waals surface area contributed by atoms with Crippen molar-refractivity contribution in [1.82, 2.24) is 19.8 Å². The molecular weight excluding hydrogens is 278 g/mol. The van der Waals surface area contributed by atoms with Crippen molar-refractivity contribution >= 4 is 16.6 Å². The quantitative estimate of drug-likeness (QED) is 0.864. The fraction of sp³-hybridized carbons (Fsp3) is 0.500. The molecule has 0 amide bonds. The van der Waals surface area contributed by atoms with E-state index in [9.17, 15) is 4.79 Å². The van der Waals surface area contributed by atoms with Crippen molar-refractivity contribution in [2.75, 3.05) is 44.6 Å². The van der Waals surface area contributed by atoms with Crippen molar-refractivity contribution in [2.45, 2.75) is 6.92 Å². The van der Waals surface area contributed by atoms with Crippen LogP contribution in [0, 0.1) is 6.92 Å². The van der Waals surface area contributed by atoms with Gasteiger partial charge in [-0.05, 0) is 25.1 Å². The van der Waals surface area contributed by atoms with Crippen molar-refractivity contribution < 1.29 is 0 Å². The summed E-state index contributed by atoms with van der Waals surface area (Å²) in [4.78, 5) is 19.1. The summed E-state index contributed by atoms with van der Waals surface area (Å²) in [6.07, 6.45) is 0. The Labute approximate surface area is 130 Å². The van der Waals surface area contributed by atoms with E-state index < -0.39 is 0 Å². The van der Waals surface area contributed by atoms with E-state index in [1.807, 2.05) is 25.1 Å². The third-order valence-electron chi connectivity index (χ3n) is 4.27. The lowest BCUT2D eigenvalue weighted by Gasteiger charge is -2.27. The largest absolute Gasteiger partial charge is 0.384 e. The molecule has 1 aromatic heterocycles. The van der Waals surface area contributed by atoms with E-state index >= 15 is 0 Å². The Morgan fingerprint density at radius 3 is 2.86 bits per heavy atom. The molecule has 0 aliphatic carbocycles. The Bertz CT molecular complexity index is 718. The lowest BCUT2D eigenvalue weighted by Crippen LogP contribution is -2.45. The normalized spacial score (nSPS) is 16.1. The summed E-state index contributed by atoms with van der Waals surface area (Å²) in [7, 11) is 1.75. The van der Waals surface area contributed by atoms with E-state index in [0.717, 1.165) is 56.3 Å². The standard InChI is InChI=1S/C16H23N5O/c1-12-19-15-11-13(3-4-14(15)16(22)20(12)2)18-7-10-21-8-5-17-6-9-21/h3-4,11,17-18H,5-10H2,1-2H3. The summed E-state index contributed by atoms with van der Waals surface area (Å²) in [5.41, 5.74) is 1.78. The Hall–Kier alpha value is -1.92. The average molecular weight is 301 g/mol. The number of aryl methyl sites for hydroxylation is 1. The number of nitrogens with one attached hydrogen (secondary N) is 2. The van der Waals surface area contributed by atoms with Crippen LogP contribution in [0.2, 0.25) is 0 Å². The zero-order valence-electron chi connectivity index (χ0n) is 13.2. The maximum Gasteiger partial charge on any atom is 0.261 e. The second-order valence-corrected chi connectivity index (χ2v) is 5.77. The van der Waals surface area contributed by atoms with Crippen molar-refractivity contribution in [3.63, 3.8) is 0 Å². The number of benzene rings is 1. The molecule has 2 heterocycles. The highest BCUT2D eigenvalue weighted by atomic mass is 16.1. The molecule has 0 radical (unpaired) electrons. The first-order valence-electron chi connectivity index (χ1n) is 7.79. The van der Waals surface area contributed by atoms with Gasteiger partial charge in [-0.2, -0.15) is 0 Å². The summed E-state index contributed by atoms with van der Waals surface area (Å²) in [5, 5.41) is 7.45. The van der Waals surface area contributed by atoms with Gasteiger partial charge in [-0.3, -0.25) is 14.3 Å². The Balaban J connectivity index is 1.69. The van der Waals surface area contributed by atoms with Gasteiger partial charge in [-0.1, -0.05) is 0 Å². The van der Waals surface area contributed by atoms with Gasteiger partial charge < -0.3 is 10.6 Å². The Morgan fingerprint density at radius 1 is 1.32 bits per heavy atom. The SMILES string of the molecule is Cc1nc2cc(NCCN3CCNCC3)ccc2c(=O)n1C. The fourth-order valence-electron chi connectivity index (χ4n) is 2.79. The molecule has 1 saturated heterocycles. The molecule has 0 unspecified atom stereocenters. The van der Waals surface area contributed by atoms with Crippen LogP contribution in [-0.4, -0.2) is 53.7 Å². The zero-order valence-corrected chi connectivity index (χ0v) is 13.2. The highest BCUT2D eigenvalue weighted by Gasteiger charge is 2.09. The number of anilines is 1. The summed E-state index contributed by atoms with van der Waals surface area (Å²) in [6.45, 7) is 8.14. The number of hydrogen-bond donors (Lipinski definition) is 2. The molecule has 6 heteroatoms. The van der Waals surface area contributed by atoms with Gasteiger partial charge >= 0.3 is 0 Å². The molecule has 118 valence electrons. The molecule has 0 saturated carbocycles. The van der Waals surface area contributed by atoms with E-state index in [0.29, 0.717) is 5.39 Å². The molecule has 2 N–H and O–H groups in total. The number of nitrogens with zero attached hydrogens (tertiary/aromatic N) is 3. The summed E-state index contributed by atoms with van der Waals surface area (Å²) < 4.78 is 1.58. The molecule has 3 rings (SSSR count). The molecule has 0 spiro atoms. The van der Waals surface area contributed by atoms with E-state index in [1.165, 1.54) is 0 Å². The van der Waals surface area contributed by atoms with Gasteiger partial charge in [0, 0.05) is 52.0 Å². The van der Waals surface area contributed by atoms with Crippen LogP contribution < -0.4 is 16.2 Å². The third kappa shape index (κ3) is 3.13. The zero-order chi connectivity index (χ0) is 15.5. The first kappa shape index (κ1) is 15.0. The number of aromatic nitrogens is 2. The van der Waals surface area contributed by atoms with Gasteiger partial charge in [0.1, 0.15) is 5.82 Å². The summed E-state index contributed by atoms with van der Waals surface area (Å²) in [6, 6.07) is 5.78. The first-order valence-corrected chi connectivity index (χ1v) is 7.79. The van der Waals surface area contributed by atoms with E-state index in [-0.39, 0.29) is 5.56 Å². The summed E-state index contributed by atoms with van der Waals surface area (Å²) in [5.74, 6) is 0.732. The van der Waals surface area contributed by atoms with Crippen LogP contribution in [0.1, 0.15) is 5.82 Å². The van der Waals surface area contributed by atoms with Crippen LogP contribution in [0.3, 0.4) is 0 Å². The van der Waals surface area contributed by atoms with Gasteiger partial charge in [-0.15, -0.1) is 0 Å².